The van der Waals surface area contributed by atoms with Crippen LogP contribution in [0.25, 0.3) is 20.8 Å². The summed E-state index contributed by atoms with van der Waals surface area (Å²) in [5, 5.41) is 1.59. The molecule has 0 aliphatic rings. The number of aryl methyl sites for hydroxylation is 2. The van der Waals surface area contributed by atoms with Crippen molar-refractivity contribution in [2.75, 3.05) is 5.73 Å². The fraction of sp³-hybridized carbons (Fsp3) is 0.133. The molecule has 0 radical (unpaired) electrons. The Kier molecular flexibility index (Phi) is 2.96. The van der Waals surface area contributed by atoms with Crippen LogP contribution in [0.2, 0.25) is 5.02 Å². The molecule has 19 heavy (non-hydrogen) atoms. The standard InChI is InChI=1S/C15H13ClN2S/c1-8-5-9(2)14-13(6-8)19-15(18-14)11-4-3-10(17)7-12(11)16/h3-7H,17H2,1-2H3. The number of nitrogens with zero attached hydrogens (tertiary/aromatic N) is 1. The van der Waals surface area contributed by atoms with Crippen LogP contribution in [0, 0.1) is 13.8 Å². The Hall–Kier alpha value is -1.58. The summed E-state index contributed by atoms with van der Waals surface area (Å²) in [5.41, 5.74) is 10.8. The van der Waals surface area contributed by atoms with Gasteiger partial charge in [-0.3, -0.25) is 0 Å². The number of nitrogens with two attached hydrogens (primary N) is 1. The minimum absolute atomic E-state index is 0.647. The van der Waals surface area contributed by atoms with Gasteiger partial charge in [0.15, 0.2) is 0 Å². The first-order valence-electron chi connectivity index (χ1n) is 5.98. The van der Waals surface area contributed by atoms with Crippen molar-refractivity contribution in [2.45, 2.75) is 13.8 Å². The molecule has 0 amide bonds. The highest BCUT2D eigenvalue weighted by Gasteiger charge is 2.11. The van der Waals surface area contributed by atoms with E-state index in [1.54, 1.807) is 17.4 Å². The van der Waals surface area contributed by atoms with Gasteiger partial charge in [-0.15, -0.1) is 11.3 Å². The second kappa shape index (κ2) is 4.51. The predicted octanol–water partition coefficient (Wildman–Crippen LogP) is 4.82. The number of rotatable bonds is 1. The molecular formula is C15H13ClN2S. The van der Waals surface area contributed by atoms with E-state index in [1.165, 1.54) is 15.8 Å². The molecule has 0 unspecified atom stereocenters. The van der Waals surface area contributed by atoms with Crippen LogP contribution >= 0.6 is 22.9 Å². The highest BCUT2D eigenvalue weighted by Crippen LogP contribution is 2.36. The molecule has 4 heteroatoms. The third-order valence-corrected chi connectivity index (χ3v) is 4.40. The smallest absolute Gasteiger partial charge is 0.126 e. The first kappa shape index (κ1) is 12.5. The van der Waals surface area contributed by atoms with E-state index in [0.29, 0.717) is 10.7 Å². The number of fused-ring (bicyclic) bond motifs is 1. The van der Waals surface area contributed by atoms with E-state index in [-0.39, 0.29) is 0 Å². The normalized spacial score (nSPS) is 11.1. The molecule has 0 bridgehead atoms. The van der Waals surface area contributed by atoms with Gasteiger partial charge in [-0.2, -0.15) is 0 Å². The van der Waals surface area contributed by atoms with Gasteiger partial charge in [0.1, 0.15) is 5.01 Å². The van der Waals surface area contributed by atoms with Gasteiger partial charge in [-0.05, 0) is 49.2 Å². The molecule has 96 valence electrons. The van der Waals surface area contributed by atoms with Crippen LogP contribution in [0.4, 0.5) is 5.69 Å². The van der Waals surface area contributed by atoms with Gasteiger partial charge in [0.25, 0.3) is 0 Å². The average molecular weight is 289 g/mol. The second-order valence-corrected chi connectivity index (χ2v) is 6.12. The van der Waals surface area contributed by atoms with Crippen LogP contribution in [0.15, 0.2) is 30.3 Å². The van der Waals surface area contributed by atoms with Crippen molar-refractivity contribution in [3.63, 3.8) is 0 Å². The molecule has 3 rings (SSSR count). The van der Waals surface area contributed by atoms with Crippen LogP contribution in [0.1, 0.15) is 11.1 Å². The maximum absolute atomic E-state index is 6.25. The summed E-state index contributed by atoms with van der Waals surface area (Å²) in [5.74, 6) is 0. The Bertz CT molecular complexity index is 777. The van der Waals surface area contributed by atoms with Crippen molar-refractivity contribution in [3.05, 3.63) is 46.5 Å². The van der Waals surface area contributed by atoms with E-state index < -0.39 is 0 Å². The first-order chi connectivity index (χ1) is 9.04. The zero-order valence-electron chi connectivity index (χ0n) is 10.7. The third kappa shape index (κ3) is 2.20. The summed E-state index contributed by atoms with van der Waals surface area (Å²) in [7, 11) is 0. The zero-order chi connectivity index (χ0) is 13.6. The first-order valence-corrected chi connectivity index (χ1v) is 7.17. The average Bonchev–Trinajstić information content (AvgIpc) is 2.72. The monoisotopic (exact) mass is 288 g/mol. The summed E-state index contributed by atoms with van der Waals surface area (Å²) < 4.78 is 1.19. The SMILES string of the molecule is Cc1cc(C)c2nc(-c3ccc(N)cc3Cl)sc2c1. The van der Waals surface area contributed by atoms with E-state index in [2.05, 4.69) is 26.0 Å². The van der Waals surface area contributed by atoms with Gasteiger partial charge in [0.05, 0.1) is 15.2 Å². The van der Waals surface area contributed by atoms with Crippen LogP contribution < -0.4 is 5.73 Å². The lowest BCUT2D eigenvalue weighted by molar-refractivity contribution is 1.38. The molecule has 2 N–H and O–H groups in total. The minimum atomic E-state index is 0.647. The topological polar surface area (TPSA) is 38.9 Å². The summed E-state index contributed by atoms with van der Waals surface area (Å²) in [6, 6.07) is 9.86. The molecule has 0 saturated heterocycles. The minimum Gasteiger partial charge on any atom is -0.399 e. The Balaban J connectivity index is 2.23. The number of hydrogen-bond donors (Lipinski definition) is 1. The number of anilines is 1. The van der Waals surface area contributed by atoms with E-state index >= 15 is 0 Å². The Morgan fingerprint density at radius 2 is 1.95 bits per heavy atom. The quantitative estimate of drug-likeness (QED) is 0.652. The van der Waals surface area contributed by atoms with Crippen LogP contribution in [0.5, 0.6) is 0 Å². The van der Waals surface area contributed by atoms with Gasteiger partial charge >= 0.3 is 0 Å². The van der Waals surface area contributed by atoms with Crippen molar-refractivity contribution in [1.82, 2.24) is 4.98 Å². The lowest BCUT2D eigenvalue weighted by Crippen LogP contribution is -1.85. The zero-order valence-corrected chi connectivity index (χ0v) is 12.3. The third-order valence-electron chi connectivity index (χ3n) is 3.05. The van der Waals surface area contributed by atoms with Crippen molar-refractivity contribution in [3.8, 4) is 10.6 Å². The van der Waals surface area contributed by atoms with Crippen LogP contribution in [-0.4, -0.2) is 4.98 Å². The lowest BCUT2D eigenvalue weighted by atomic mass is 10.1. The number of halogens is 1. The molecule has 1 aromatic heterocycles. The molecular weight excluding hydrogens is 276 g/mol. The van der Waals surface area contributed by atoms with E-state index in [9.17, 15) is 0 Å². The Labute approximate surface area is 120 Å². The molecule has 0 atom stereocenters. The predicted molar refractivity (Wildman–Crippen MR) is 84.0 cm³/mol. The van der Waals surface area contributed by atoms with Crippen LogP contribution in [0.3, 0.4) is 0 Å². The lowest BCUT2D eigenvalue weighted by Gasteiger charge is -2.00. The van der Waals surface area contributed by atoms with Crippen LogP contribution in [-0.2, 0) is 0 Å². The number of thiazole rings is 1. The van der Waals surface area contributed by atoms with Crippen molar-refractivity contribution in [1.29, 1.82) is 0 Å². The highest BCUT2D eigenvalue weighted by molar-refractivity contribution is 7.21. The van der Waals surface area contributed by atoms with E-state index in [0.717, 1.165) is 16.1 Å². The summed E-state index contributed by atoms with van der Waals surface area (Å²) in [4.78, 5) is 4.71. The van der Waals surface area contributed by atoms with Gasteiger partial charge in [0, 0.05) is 11.3 Å². The second-order valence-electron chi connectivity index (χ2n) is 4.69. The summed E-state index contributed by atoms with van der Waals surface area (Å²) in [6.45, 7) is 4.19. The van der Waals surface area contributed by atoms with E-state index in [4.69, 9.17) is 22.3 Å². The summed E-state index contributed by atoms with van der Waals surface area (Å²) in [6.07, 6.45) is 0. The largest absolute Gasteiger partial charge is 0.399 e. The molecule has 2 aromatic carbocycles. The maximum Gasteiger partial charge on any atom is 0.126 e. The number of nitrogen functional groups attached to an aromatic ring is 1. The van der Waals surface area contributed by atoms with Crippen molar-refractivity contribution in [2.24, 2.45) is 0 Å². The number of benzene rings is 2. The van der Waals surface area contributed by atoms with Gasteiger partial charge in [-0.1, -0.05) is 17.7 Å². The number of hydrogen-bond acceptors (Lipinski definition) is 3. The van der Waals surface area contributed by atoms with Gasteiger partial charge in [-0.25, -0.2) is 4.98 Å². The highest BCUT2D eigenvalue weighted by atomic mass is 35.5. The Morgan fingerprint density at radius 1 is 1.16 bits per heavy atom. The molecule has 3 aromatic rings. The molecule has 0 fully saturated rings. The fourth-order valence-electron chi connectivity index (χ4n) is 2.19. The fourth-order valence-corrected chi connectivity index (χ4v) is 3.71. The van der Waals surface area contributed by atoms with Crippen molar-refractivity contribution < 1.29 is 0 Å². The van der Waals surface area contributed by atoms with E-state index in [1.807, 2.05) is 12.1 Å². The summed E-state index contributed by atoms with van der Waals surface area (Å²) >= 11 is 7.91. The van der Waals surface area contributed by atoms with Crippen molar-refractivity contribution >= 4 is 38.8 Å². The molecule has 2 nitrogen and oxygen atoms in total. The maximum atomic E-state index is 6.25. The molecule has 0 spiro atoms. The molecule has 0 aliphatic carbocycles. The van der Waals surface area contributed by atoms with Gasteiger partial charge in [0.2, 0.25) is 0 Å². The van der Waals surface area contributed by atoms with Gasteiger partial charge < -0.3 is 5.73 Å². The Morgan fingerprint density at radius 3 is 2.68 bits per heavy atom. The molecule has 0 saturated carbocycles. The number of aromatic nitrogens is 1. The molecule has 0 aliphatic heterocycles. The molecule has 1 heterocycles.